The predicted molar refractivity (Wildman–Crippen MR) is 131 cm³/mol. The summed E-state index contributed by atoms with van der Waals surface area (Å²) < 4.78 is 22.5. The fraction of sp³-hybridized carbons (Fsp3) is 0.435. The molecule has 4 rings (SSSR count). The Morgan fingerprint density at radius 1 is 1.13 bits per heavy atom. The number of nitrogens with one attached hydrogen (secondary N) is 2. The van der Waals surface area contributed by atoms with Gasteiger partial charge in [0, 0.05) is 25.1 Å². The second-order valence-electron chi connectivity index (χ2n) is 7.45. The minimum atomic E-state index is 0. The summed E-state index contributed by atoms with van der Waals surface area (Å²) in [5.74, 6) is 3.22. The molecule has 1 saturated heterocycles. The largest absolute Gasteiger partial charge is 0.488 e. The lowest BCUT2D eigenvalue weighted by atomic mass is 10.1. The van der Waals surface area contributed by atoms with E-state index in [1.54, 1.807) is 0 Å². The van der Waals surface area contributed by atoms with E-state index in [9.17, 15) is 0 Å². The lowest BCUT2D eigenvalue weighted by Crippen LogP contribution is -2.37. The van der Waals surface area contributed by atoms with Crippen LogP contribution in [0.1, 0.15) is 30.0 Å². The van der Waals surface area contributed by atoms with Gasteiger partial charge in [-0.3, -0.25) is 0 Å². The number of ether oxygens (including phenoxy) is 4. The van der Waals surface area contributed by atoms with Crippen LogP contribution in [-0.4, -0.2) is 38.6 Å². The summed E-state index contributed by atoms with van der Waals surface area (Å²) in [6, 6.07) is 12.2. The smallest absolute Gasteiger partial charge is 0.231 e. The Balaban J connectivity index is 0.00000272. The van der Waals surface area contributed by atoms with Crippen molar-refractivity contribution in [2.45, 2.75) is 39.5 Å². The number of halogens is 1. The van der Waals surface area contributed by atoms with Gasteiger partial charge in [-0.05, 0) is 43.2 Å². The van der Waals surface area contributed by atoms with Gasteiger partial charge in [0.1, 0.15) is 11.9 Å². The quantitative estimate of drug-likeness (QED) is 0.317. The number of guanidine groups is 1. The fourth-order valence-corrected chi connectivity index (χ4v) is 3.43. The van der Waals surface area contributed by atoms with Crippen LogP contribution in [-0.2, 0) is 17.8 Å². The van der Waals surface area contributed by atoms with E-state index in [2.05, 4.69) is 42.7 Å². The molecule has 0 saturated carbocycles. The Hall–Kier alpha value is -2.20. The van der Waals surface area contributed by atoms with Crippen LogP contribution in [0.4, 0.5) is 0 Å². The van der Waals surface area contributed by atoms with E-state index in [-0.39, 0.29) is 36.9 Å². The third-order valence-electron chi connectivity index (χ3n) is 5.05. The van der Waals surface area contributed by atoms with Gasteiger partial charge in [-0.25, -0.2) is 4.99 Å². The molecule has 0 bridgehead atoms. The van der Waals surface area contributed by atoms with Crippen LogP contribution < -0.4 is 24.8 Å². The van der Waals surface area contributed by atoms with Gasteiger partial charge in [0.15, 0.2) is 17.5 Å². The molecule has 168 valence electrons. The Kier molecular flexibility index (Phi) is 8.65. The molecule has 0 aliphatic carbocycles. The van der Waals surface area contributed by atoms with Gasteiger partial charge < -0.3 is 29.6 Å². The zero-order valence-corrected chi connectivity index (χ0v) is 20.3. The van der Waals surface area contributed by atoms with E-state index in [1.165, 1.54) is 5.56 Å². The molecule has 0 aromatic heterocycles. The van der Waals surface area contributed by atoms with Crippen LogP contribution in [0.5, 0.6) is 17.2 Å². The van der Waals surface area contributed by atoms with Crippen molar-refractivity contribution in [3.8, 4) is 17.2 Å². The predicted octanol–water partition coefficient (Wildman–Crippen LogP) is 3.76. The average Bonchev–Trinajstić information content (AvgIpc) is 3.42. The lowest BCUT2D eigenvalue weighted by molar-refractivity contribution is 0.140. The molecule has 2 aromatic rings. The maximum absolute atomic E-state index is 6.20. The normalized spacial score (nSPS) is 17.2. The zero-order valence-electron chi connectivity index (χ0n) is 18.0. The SMILES string of the molecule is CCNC(=NCc1ccc2c(c1)OCO2)NCc1ccc(C)cc1OC1CCOC1.I. The molecule has 2 aromatic carbocycles. The number of hydrogen-bond acceptors (Lipinski definition) is 5. The van der Waals surface area contributed by atoms with Gasteiger partial charge in [-0.1, -0.05) is 18.2 Å². The van der Waals surface area contributed by atoms with Crippen LogP contribution in [0.15, 0.2) is 41.4 Å². The van der Waals surface area contributed by atoms with E-state index >= 15 is 0 Å². The second-order valence-corrected chi connectivity index (χ2v) is 7.45. The highest BCUT2D eigenvalue weighted by Crippen LogP contribution is 2.32. The van der Waals surface area contributed by atoms with Crippen molar-refractivity contribution in [3.63, 3.8) is 0 Å². The maximum Gasteiger partial charge on any atom is 0.231 e. The molecule has 0 spiro atoms. The molecule has 2 aliphatic heterocycles. The first-order valence-electron chi connectivity index (χ1n) is 10.5. The Morgan fingerprint density at radius 2 is 2.00 bits per heavy atom. The van der Waals surface area contributed by atoms with Gasteiger partial charge in [0.05, 0.1) is 19.8 Å². The molecule has 2 aliphatic rings. The van der Waals surface area contributed by atoms with Crippen LogP contribution in [0.2, 0.25) is 0 Å². The van der Waals surface area contributed by atoms with E-state index < -0.39 is 0 Å². The molecule has 1 unspecified atom stereocenters. The van der Waals surface area contributed by atoms with Crippen molar-refractivity contribution in [3.05, 3.63) is 53.1 Å². The summed E-state index contributed by atoms with van der Waals surface area (Å²) in [4.78, 5) is 4.71. The molecule has 2 N–H and O–H groups in total. The molecular formula is C23H30IN3O4. The van der Waals surface area contributed by atoms with E-state index in [1.807, 2.05) is 18.2 Å². The summed E-state index contributed by atoms with van der Waals surface area (Å²) in [6.07, 6.45) is 1.05. The van der Waals surface area contributed by atoms with Gasteiger partial charge in [-0.15, -0.1) is 24.0 Å². The number of aliphatic imine (C=N–C) groups is 1. The first-order valence-corrected chi connectivity index (χ1v) is 10.5. The highest BCUT2D eigenvalue weighted by atomic mass is 127. The Morgan fingerprint density at radius 3 is 2.81 bits per heavy atom. The van der Waals surface area contributed by atoms with Crippen molar-refractivity contribution in [1.29, 1.82) is 0 Å². The van der Waals surface area contributed by atoms with Crippen LogP contribution >= 0.6 is 24.0 Å². The molecule has 8 heteroatoms. The zero-order chi connectivity index (χ0) is 20.8. The standard InChI is InChI=1S/C23H29N3O4.HI/c1-3-24-23(25-12-17-5-7-20-22(11-17)29-15-28-20)26-13-18-6-4-16(2)10-21(18)30-19-8-9-27-14-19;/h4-7,10-11,19H,3,8-9,12-15H2,1-2H3,(H2,24,25,26);1H. The molecule has 1 fully saturated rings. The van der Waals surface area contributed by atoms with Crippen molar-refractivity contribution in [1.82, 2.24) is 10.6 Å². The van der Waals surface area contributed by atoms with Gasteiger partial charge in [0.25, 0.3) is 0 Å². The summed E-state index contributed by atoms with van der Waals surface area (Å²) in [5.41, 5.74) is 3.34. The molecule has 31 heavy (non-hydrogen) atoms. The second kappa shape index (κ2) is 11.4. The van der Waals surface area contributed by atoms with Gasteiger partial charge >= 0.3 is 0 Å². The highest BCUT2D eigenvalue weighted by molar-refractivity contribution is 14.0. The van der Waals surface area contributed by atoms with Crippen molar-refractivity contribution >= 4 is 29.9 Å². The first-order chi connectivity index (χ1) is 14.7. The summed E-state index contributed by atoms with van der Waals surface area (Å²) in [6.45, 7) is 7.77. The summed E-state index contributed by atoms with van der Waals surface area (Å²) >= 11 is 0. The van der Waals surface area contributed by atoms with Gasteiger partial charge in [-0.2, -0.15) is 0 Å². The van der Waals surface area contributed by atoms with Gasteiger partial charge in [0.2, 0.25) is 6.79 Å². The first kappa shape index (κ1) is 23.5. The van der Waals surface area contributed by atoms with Crippen molar-refractivity contribution in [2.24, 2.45) is 4.99 Å². The van der Waals surface area contributed by atoms with E-state index in [0.29, 0.717) is 19.7 Å². The number of hydrogen-bond donors (Lipinski definition) is 2. The number of fused-ring (bicyclic) bond motifs is 1. The molecule has 0 amide bonds. The highest BCUT2D eigenvalue weighted by Gasteiger charge is 2.19. The minimum absolute atomic E-state index is 0. The number of rotatable bonds is 7. The maximum atomic E-state index is 6.20. The Bertz CT molecular complexity index is 900. The molecular weight excluding hydrogens is 509 g/mol. The van der Waals surface area contributed by atoms with E-state index in [0.717, 1.165) is 53.9 Å². The third-order valence-corrected chi connectivity index (χ3v) is 5.05. The lowest BCUT2D eigenvalue weighted by Gasteiger charge is -2.18. The topological polar surface area (TPSA) is 73.3 Å². The van der Waals surface area contributed by atoms with Crippen LogP contribution in [0.25, 0.3) is 0 Å². The van der Waals surface area contributed by atoms with Crippen molar-refractivity contribution < 1.29 is 18.9 Å². The summed E-state index contributed by atoms with van der Waals surface area (Å²) in [5, 5.41) is 6.72. The van der Waals surface area contributed by atoms with E-state index in [4.69, 9.17) is 23.9 Å². The summed E-state index contributed by atoms with van der Waals surface area (Å²) in [7, 11) is 0. The Labute approximate surface area is 200 Å². The molecule has 1 atom stereocenters. The van der Waals surface area contributed by atoms with Crippen LogP contribution in [0.3, 0.4) is 0 Å². The van der Waals surface area contributed by atoms with Crippen LogP contribution in [0, 0.1) is 6.92 Å². The average molecular weight is 539 g/mol. The molecule has 2 heterocycles. The number of nitrogens with zero attached hydrogens (tertiary/aromatic N) is 1. The fourth-order valence-electron chi connectivity index (χ4n) is 3.43. The molecule has 0 radical (unpaired) electrons. The monoisotopic (exact) mass is 539 g/mol. The number of benzene rings is 2. The molecule has 7 nitrogen and oxygen atoms in total. The third kappa shape index (κ3) is 6.39. The minimum Gasteiger partial charge on any atom is -0.488 e. The van der Waals surface area contributed by atoms with Crippen molar-refractivity contribution in [2.75, 3.05) is 26.6 Å². The number of aryl methyl sites for hydroxylation is 1.